The highest BCUT2D eigenvalue weighted by atomic mass is 16.5. The number of ether oxygens (including phenoxy) is 1. The van der Waals surface area contributed by atoms with Gasteiger partial charge in [0.15, 0.2) is 6.29 Å². The molecule has 2 aliphatic rings. The quantitative estimate of drug-likeness (QED) is 0.386. The summed E-state index contributed by atoms with van der Waals surface area (Å²) in [4.78, 5) is 18.0. The minimum atomic E-state index is 0.548. The van der Waals surface area contributed by atoms with Crippen LogP contribution in [0.3, 0.4) is 0 Å². The Bertz CT molecular complexity index is 1260. The van der Waals surface area contributed by atoms with E-state index in [2.05, 4.69) is 77.5 Å². The van der Waals surface area contributed by atoms with Gasteiger partial charge in [-0.3, -0.25) is 19.4 Å². The number of carbonyl (C=O) groups is 1. The molecule has 1 aliphatic heterocycles. The lowest BCUT2D eigenvalue weighted by molar-refractivity contribution is 0.0150. The minimum absolute atomic E-state index is 0.548. The van der Waals surface area contributed by atoms with Crippen LogP contribution in [0.2, 0.25) is 0 Å². The Morgan fingerprint density at radius 3 is 2.44 bits per heavy atom. The molecule has 1 aromatic carbocycles. The zero-order valence-electron chi connectivity index (χ0n) is 24.1. The average molecular weight is 530 g/mol. The van der Waals surface area contributed by atoms with Gasteiger partial charge in [-0.2, -0.15) is 5.10 Å². The van der Waals surface area contributed by atoms with Crippen LogP contribution in [0.25, 0.3) is 5.57 Å². The minimum Gasteiger partial charge on any atom is -0.387 e. The highest BCUT2D eigenvalue weighted by Crippen LogP contribution is 2.31. The first-order valence-electron chi connectivity index (χ1n) is 14.1. The van der Waals surface area contributed by atoms with Gasteiger partial charge in [0.25, 0.3) is 0 Å². The number of rotatable bonds is 7. The van der Waals surface area contributed by atoms with Gasteiger partial charge in [0.2, 0.25) is 0 Å². The van der Waals surface area contributed by atoms with Crippen LogP contribution in [0.15, 0.2) is 48.8 Å². The molecule has 0 amide bonds. The van der Waals surface area contributed by atoms with Gasteiger partial charge in [0.1, 0.15) is 0 Å². The fourth-order valence-corrected chi connectivity index (χ4v) is 5.27. The highest BCUT2D eigenvalue weighted by Gasteiger charge is 2.24. The summed E-state index contributed by atoms with van der Waals surface area (Å²) in [5.74, 6) is 0.548. The molecule has 208 valence electrons. The molecule has 1 N–H and O–H groups in total. The first-order valence-corrected chi connectivity index (χ1v) is 14.1. The van der Waals surface area contributed by atoms with Crippen LogP contribution in [0.5, 0.6) is 0 Å². The lowest BCUT2D eigenvalue weighted by Gasteiger charge is -2.36. The van der Waals surface area contributed by atoms with Crippen molar-refractivity contribution in [2.24, 2.45) is 0 Å². The number of morpholine rings is 1. The Morgan fingerprint density at radius 2 is 1.87 bits per heavy atom. The van der Waals surface area contributed by atoms with E-state index in [0.717, 1.165) is 56.8 Å². The number of aldehydes is 1. The lowest BCUT2D eigenvalue weighted by atomic mass is 9.90. The smallest absolute Gasteiger partial charge is 0.153 e. The Hall–Kier alpha value is -3.29. The molecule has 1 aliphatic carbocycles. The standard InChI is InChI=1S/C17H25N3O.C15H18N2O/c1-13-11-15(18-2)12-19-17(13)14-3-5-16(6-4-14)20-7-9-21-10-8-20;1-11(2)14-6-4-13(5-7-14)9-17-12(3)15(10-18)8-16-17/h3,11-12,16,18H,4-10H2,1-2H3;4-8,10-11H,9H2,1-3H3. The molecular formula is C32H43N5O2. The van der Waals surface area contributed by atoms with E-state index >= 15 is 0 Å². The topological polar surface area (TPSA) is 72.3 Å². The third-order valence-electron chi connectivity index (χ3n) is 7.86. The van der Waals surface area contributed by atoms with Gasteiger partial charge in [-0.05, 0) is 67.4 Å². The van der Waals surface area contributed by atoms with E-state index in [-0.39, 0.29) is 0 Å². The van der Waals surface area contributed by atoms with Crippen molar-refractivity contribution >= 4 is 17.5 Å². The largest absolute Gasteiger partial charge is 0.387 e. The molecule has 1 atom stereocenters. The number of nitrogens with zero attached hydrogens (tertiary/aromatic N) is 4. The fourth-order valence-electron chi connectivity index (χ4n) is 5.27. The monoisotopic (exact) mass is 529 g/mol. The number of pyridine rings is 1. The number of hydrogen-bond donors (Lipinski definition) is 1. The Balaban J connectivity index is 0.000000183. The third-order valence-corrected chi connectivity index (χ3v) is 7.86. The summed E-state index contributed by atoms with van der Waals surface area (Å²) in [5.41, 5.74) is 9.05. The first-order chi connectivity index (χ1) is 18.9. The first kappa shape index (κ1) is 28.7. The second-order valence-corrected chi connectivity index (χ2v) is 10.8. The van der Waals surface area contributed by atoms with Crippen LogP contribution in [0, 0.1) is 13.8 Å². The maximum Gasteiger partial charge on any atom is 0.153 e. The summed E-state index contributed by atoms with van der Waals surface area (Å²) in [6.45, 7) is 13.1. The van der Waals surface area contributed by atoms with Crippen LogP contribution < -0.4 is 5.32 Å². The number of benzene rings is 1. The summed E-state index contributed by atoms with van der Waals surface area (Å²) >= 11 is 0. The third kappa shape index (κ3) is 7.43. The van der Waals surface area contributed by atoms with Crippen LogP contribution in [-0.2, 0) is 11.3 Å². The maximum atomic E-state index is 10.8. The van der Waals surface area contributed by atoms with Crippen LogP contribution in [0.4, 0.5) is 5.69 Å². The van der Waals surface area contributed by atoms with Gasteiger partial charge in [0, 0.05) is 31.9 Å². The van der Waals surface area contributed by atoms with Gasteiger partial charge in [-0.15, -0.1) is 0 Å². The van der Waals surface area contributed by atoms with Gasteiger partial charge < -0.3 is 10.1 Å². The van der Waals surface area contributed by atoms with E-state index in [1.807, 2.05) is 24.9 Å². The number of allylic oxidation sites excluding steroid dienone is 1. The molecule has 1 fully saturated rings. The number of hydrogen-bond acceptors (Lipinski definition) is 6. The summed E-state index contributed by atoms with van der Waals surface area (Å²) in [7, 11) is 1.93. The Morgan fingerprint density at radius 1 is 1.13 bits per heavy atom. The highest BCUT2D eigenvalue weighted by molar-refractivity contribution is 5.75. The average Bonchev–Trinajstić information content (AvgIpc) is 3.32. The predicted octanol–water partition coefficient (Wildman–Crippen LogP) is 5.88. The van der Waals surface area contributed by atoms with Crippen molar-refractivity contribution in [3.63, 3.8) is 0 Å². The zero-order chi connectivity index (χ0) is 27.8. The molecule has 1 unspecified atom stereocenters. The normalized spacial score (nSPS) is 17.8. The van der Waals surface area contributed by atoms with E-state index in [0.29, 0.717) is 24.1 Å². The summed E-state index contributed by atoms with van der Waals surface area (Å²) in [6, 6.07) is 11.4. The fraction of sp³-hybridized carbons (Fsp3) is 0.469. The van der Waals surface area contributed by atoms with E-state index in [1.165, 1.54) is 34.4 Å². The van der Waals surface area contributed by atoms with Crippen molar-refractivity contribution < 1.29 is 9.53 Å². The maximum absolute atomic E-state index is 10.8. The second kappa shape index (κ2) is 13.7. The van der Waals surface area contributed by atoms with Crippen molar-refractivity contribution in [2.45, 2.75) is 65.5 Å². The van der Waals surface area contributed by atoms with Crippen molar-refractivity contribution in [3.8, 4) is 0 Å². The van der Waals surface area contributed by atoms with Crippen molar-refractivity contribution in [2.75, 3.05) is 38.7 Å². The summed E-state index contributed by atoms with van der Waals surface area (Å²) < 4.78 is 7.30. The molecule has 7 heteroatoms. The molecule has 1 saturated heterocycles. The molecule has 0 bridgehead atoms. The molecular weight excluding hydrogens is 486 g/mol. The van der Waals surface area contributed by atoms with Gasteiger partial charge in [0.05, 0.1) is 49.1 Å². The van der Waals surface area contributed by atoms with Crippen molar-refractivity contribution in [1.29, 1.82) is 0 Å². The Kier molecular flexibility index (Phi) is 10.1. The summed E-state index contributed by atoms with van der Waals surface area (Å²) in [5, 5.41) is 7.37. The molecule has 3 heterocycles. The molecule has 2 aromatic heterocycles. The number of carbonyl (C=O) groups excluding carboxylic acids is 1. The Labute approximate surface area is 233 Å². The molecule has 7 nitrogen and oxygen atoms in total. The van der Waals surface area contributed by atoms with Gasteiger partial charge >= 0.3 is 0 Å². The number of nitrogens with one attached hydrogen (secondary N) is 1. The second-order valence-electron chi connectivity index (χ2n) is 10.8. The van der Waals surface area contributed by atoms with E-state index in [9.17, 15) is 4.79 Å². The molecule has 0 radical (unpaired) electrons. The number of aromatic nitrogens is 3. The predicted molar refractivity (Wildman–Crippen MR) is 159 cm³/mol. The molecule has 0 spiro atoms. The van der Waals surface area contributed by atoms with Gasteiger partial charge in [-0.1, -0.05) is 44.2 Å². The van der Waals surface area contributed by atoms with Crippen LogP contribution in [-0.4, -0.2) is 65.3 Å². The van der Waals surface area contributed by atoms with E-state index in [1.54, 1.807) is 6.20 Å². The van der Waals surface area contributed by atoms with E-state index < -0.39 is 0 Å². The summed E-state index contributed by atoms with van der Waals surface area (Å²) in [6.07, 6.45) is 10.3. The zero-order valence-corrected chi connectivity index (χ0v) is 24.1. The number of anilines is 1. The van der Waals surface area contributed by atoms with Crippen LogP contribution in [0.1, 0.15) is 77.5 Å². The van der Waals surface area contributed by atoms with E-state index in [4.69, 9.17) is 4.74 Å². The molecule has 39 heavy (non-hydrogen) atoms. The molecule has 3 aromatic rings. The lowest BCUT2D eigenvalue weighted by Crippen LogP contribution is -2.43. The van der Waals surface area contributed by atoms with Crippen molar-refractivity contribution in [3.05, 3.63) is 82.4 Å². The molecule has 0 saturated carbocycles. The van der Waals surface area contributed by atoms with Gasteiger partial charge in [-0.25, -0.2) is 0 Å². The SMILES string of the molecule is CNc1cnc(C2=CCC(N3CCOCC3)CC2)c(C)c1.Cc1c(C=O)cnn1Cc1ccc(C(C)C)cc1. The molecule has 5 rings (SSSR count). The number of aryl methyl sites for hydroxylation is 1. The van der Waals surface area contributed by atoms with Crippen molar-refractivity contribution in [1.82, 2.24) is 19.7 Å². The van der Waals surface area contributed by atoms with Crippen LogP contribution >= 0.6 is 0 Å².